The number of carbonyl (C=O) groups is 1. The van der Waals surface area contributed by atoms with Crippen molar-refractivity contribution < 1.29 is 4.79 Å². The fourth-order valence-electron chi connectivity index (χ4n) is 1.15. The van der Waals surface area contributed by atoms with E-state index in [2.05, 4.69) is 6.58 Å². The molecule has 2 heteroatoms. The molecule has 0 saturated carbocycles. The minimum absolute atomic E-state index is 0.0336. The molecule has 0 fully saturated rings. The van der Waals surface area contributed by atoms with Crippen LogP contribution in [0.5, 0.6) is 0 Å². The average molecular weight is 201 g/mol. The molecular formula is C13H15NO. The molecule has 0 atom stereocenters. The van der Waals surface area contributed by atoms with Crippen LogP contribution in [-0.4, -0.2) is 24.9 Å². The molecule has 1 rings (SSSR count). The van der Waals surface area contributed by atoms with Gasteiger partial charge < -0.3 is 4.90 Å². The van der Waals surface area contributed by atoms with Crippen molar-refractivity contribution in [3.8, 4) is 0 Å². The first-order valence-corrected chi connectivity index (χ1v) is 4.76. The second-order valence-electron chi connectivity index (χ2n) is 3.40. The van der Waals surface area contributed by atoms with E-state index >= 15 is 0 Å². The Morgan fingerprint density at radius 2 is 1.87 bits per heavy atom. The Balaban J connectivity index is 3.00. The van der Waals surface area contributed by atoms with Gasteiger partial charge in [-0.25, -0.2) is 0 Å². The second kappa shape index (κ2) is 5.15. The van der Waals surface area contributed by atoms with Crippen LogP contribution >= 0.6 is 0 Å². The lowest BCUT2D eigenvalue weighted by atomic mass is 10.1. The maximum absolute atomic E-state index is 11.5. The van der Waals surface area contributed by atoms with Gasteiger partial charge in [-0.1, -0.05) is 43.0 Å². The van der Waals surface area contributed by atoms with Gasteiger partial charge in [0.2, 0.25) is 5.91 Å². The molecule has 1 aromatic rings. The third-order valence-corrected chi connectivity index (χ3v) is 2.05. The van der Waals surface area contributed by atoms with Gasteiger partial charge in [-0.2, -0.15) is 0 Å². The summed E-state index contributed by atoms with van der Waals surface area (Å²) in [6.07, 6.45) is 3.28. The number of amides is 1. The predicted molar refractivity (Wildman–Crippen MR) is 63.3 cm³/mol. The van der Waals surface area contributed by atoms with Crippen LogP contribution in [0, 0.1) is 0 Å². The largest absolute Gasteiger partial charge is 0.345 e. The van der Waals surface area contributed by atoms with Gasteiger partial charge >= 0.3 is 0 Å². The van der Waals surface area contributed by atoms with Gasteiger partial charge in [0.15, 0.2) is 0 Å². The summed E-state index contributed by atoms with van der Waals surface area (Å²) in [6, 6.07) is 9.73. The number of nitrogens with zero attached hydrogens (tertiary/aromatic N) is 1. The first-order valence-electron chi connectivity index (χ1n) is 4.76. The zero-order chi connectivity index (χ0) is 11.3. The fourth-order valence-corrected chi connectivity index (χ4v) is 1.15. The zero-order valence-corrected chi connectivity index (χ0v) is 9.10. The van der Waals surface area contributed by atoms with E-state index in [4.69, 9.17) is 0 Å². The Hall–Kier alpha value is -1.83. The Labute approximate surface area is 90.5 Å². The SMILES string of the molecule is C=C/C(=C\C(=O)N(C)C)c1ccccc1. The minimum Gasteiger partial charge on any atom is -0.345 e. The van der Waals surface area contributed by atoms with Crippen LogP contribution in [0.4, 0.5) is 0 Å². The van der Waals surface area contributed by atoms with Crippen molar-refractivity contribution in [2.24, 2.45) is 0 Å². The van der Waals surface area contributed by atoms with Gasteiger partial charge in [0.25, 0.3) is 0 Å². The van der Waals surface area contributed by atoms with Gasteiger partial charge in [0.05, 0.1) is 0 Å². The molecule has 0 bridgehead atoms. The molecule has 0 heterocycles. The van der Waals surface area contributed by atoms with Crippen LogP contribution in [-0.2, 0) is 4.79 Å². The molecule has 0 N–H and O–H groups in total. The van der Waals surface area contributed by atoms with E-state index in [1.807, 2.05) is 30.3 Å². The van der Waals surface area contributed by atoms with Crippen LogP contribution in [0.2, 0.25) is 0 Å². The number of likely N-dealkylation sites (N-methyl/N-ethyl adjacent to an activating group) is 1. The lowest BCUT2D eigenvalue weighted by Gasteiger charge is -2.08. The molecule has 0 radical (unpaired) electrons. The summed E-state index contributed by atoms with van der Waals surface area (Å²) in [7, 11) is 3.45. The predicted octanol–water partition coefficient (Wildman–Crippen LogP) is 2.34. The summed E-state index contributed by atoms with van der Waals surface area (Å²) in [5.41, 5.74) is 1.84. The third-order valence-electron chi connectivity index (χ3n) is 2.05. The highest BCUT2D eigenvalue weighted by Crippen LogP contribution is 2.14. The molecule has 1 amide bonds. The van der Waals surface area contributed by atoms with Gasteiger partial charge in [-0.05, 0) is 11.1 Å². The normalized spacial score (nSPS) is 10.9. The quantitative estimate of drug-likeness (QED) is 0.543. The molecule has 0 unspecified atom stereocenters. The Morgan fingerprint density at radius 1 is 1.27 bits per heavy atom. The number of benzene rings is 1. The van der Waals surface area contributed by atoms with Gasteiger partial charge in [0, 0.05) is 20.2 Å². The third kappa shape index (κ3) is 3.09. The fraction of sp³-hybridized carbons (Fsp3) is 0.154. The summed E-state index contributed by atoms with van der Waals surface area (Å²) in [5.74, 6) is -0.0336. The maximum atomic E-state index is 11.5. The summed E-state index contributed by atoms with van der Waals surface area (Å²) < 4.78 is 0. The summed E-state index contributed by atoms with van der Waals surface area (Å²) >= 11 is 0. The van der Waals surface area contributed by atoms with Crippen molar-refractivity contribution >= 4 is 11.5 Å². The topological polar surface area (TPSA) is 20.3 Å². The monoisotopic (exact) mass is 201 g/mol. The van der Waals surface area contributed by atoms with E-state index in [1.54, 1.807) is 26.2 Å². The van der Waals surface area contributed by atoms with Crippen LogP contribution in [0.25, 0.3) is 5.57 Å². The van der Waals surface area contributed by atoms with Crippen LogP contribution in [0.3, 0.4) is 0 Å². The van der Waals surface area contributed by atoms with Gasteiger partial charge in [-0.3, -0.25) is 4.79 Å². The van der Waals surface area contributed by atoms with E-state index < -0.39 is 0 Å². The highest BCUT2D eigenvalue weighted by molar-refractivity contribution is 5.97. The molecule has 0 spiro atoms. The lowest BCUT2D eigenvalue weighted by molar-refractivity contribution is -0.123. The van der Waals surface area contributed by atoms with Crippen molar-refractivity contribution in [3.05, 3.63) is 54.6 Å². The molecule has 0 aromatic heterocycles. The maximum Gasteiger partial charge on any atom is 0.246 e. The van der Waals surface area contributed by atoms with Crippen molar-refractivity contribution in [2.75, 3.05) is 14.1 Å². The molecule has 0 aliphatic rings. The van der Waals surface area contributed by atoms with E-state index in [9.17, 15) is 4.79 Å². The standard InChI is InChI=1S/C13H15NO/c1-4-11(10-13(15)14(2)3)12-8-6-5-7-9-12/h4-10H,1H2,2-3H3/b11-10+. The number of allylic oxidation sites excluding steroid dienone is 2. The van der Waals surface area contributed by atoms with Crippen LogP contribution < -0.4 is 0 Å². The minimum atomic E-state index is -0.0336. The molecule has 1 aromatic carbocycles. The summed E-state index contributed by atoms with van der Waals surface area (Å²) in [5, 5.41) is 0. The number of rotatable bonds is 3. The van der Waals surface area contributed by atoms with Crippen LogP contribution in [0.15, 0.2) is 49.1 Å². The molecule has 2 nitrogen and oxygen atoms in total. The molecular weight excluding hydrogens is 186 g/mol. The van der Waals surface area contributed by atoms with Crippen LogP contribution in [0.1, 0.15) is 5.56 Å². The van der Waals surface area contributed by atoms with Gasteiger partial charge in [-0.15, -0.1) is 0 Å². The Morgan fingerprint density at radius 3 is 2.33 bits per heavy atom. The number of carbonyl (C=O) groups excluding carboxylic acids is 1. The Kier molecular flexibility index (Phi) is 3.86. The van der Waals surface area contributed by atoms with E-state index in [0.29, 0.717) is 0 Å². The highest BCUT2D eigenvalue weighted by atomic mass is 16.2. The molecule has 15 heavy (non-hydrogen) atoms. The lowest BCUT2D eigenvalue weighted by Crippen LogP contribution is -2.19. The molecule has 0 aliphatic heterocycles. The van der Waals surface area contributed by atoms with E-state index in [0.717, 1.165) is 11.1 Å². The first kappa shape index (κ1) is 11.2. The molecule has 78 valence electrons. The molecule has 0 aliphatic carbocycles. The van der Waals surface area contributed by atoms with E-state index in [1.165, 1.54) is 4.90 Å². The van der Waals surface area contributed by atoms with Crippen molar-refractivity contribution in [2.45, 2.75) is 0 Å². The second-order valence-corrected chi connectivity index (χ2v) is 3.40. The average Bonchev–Trinajstić information content (AvgIpc) is 2.26. The first-order chi connectivity index (χ1) is 7.15. The molecule has 0 saturated heterocycles. The van der Waals surface area contributed by atoms with Crippen molar-refractivity contribution in [3.63, 3.8) is 0 Å². The van der Waals surface area contributed by atoms with Crippen molar-refractivity contribution in [1.82, 2.24) is 4.90 Å². The summed E-state index contributed by atoms with van der Waals surface area (Å²) in [4.78, 5) is 13.0. The Bertz CT molecular complexity index is 377. The number of hydrogen-bond donors (Lipinski definition) is 0. The highest BCUT2D eigenvalue weighted by Gasteiger charge is 2.02. The van der Waals surface area contributed by atoms with Crippen molar-refractivity contribution in [1.29, 1.82) is 0 Å². The summed E-state index contributed by atoms with van der Waals surface area (Å²) in [6.45, 7) is 3.71. The van der Waals surface area contributed by atoms with E-state index in [-0.39, 0.29) is 5.91 Å². The number of hydrogen-bond acceptors (Lipinski definition) is 1. The smallest absolute Gasteiger partial charge is 0.246 e. The van der Waals surface area contributed by atoms with Gasteiger partial charge in [0.1, 0.15) is 0 Å². The zero-order valence-electron chi connectivity index (χ0n) is 9.10.